The van der Waals surface area contributed by atoms with Gasteiger partial charge >= 0.3 is 5.97 Å². The van der Waals surface area contributed by atoms with Crippen molar-refractivity contribution in [2.45, 2.75) is 68.7 Å². The fraction of sp³-hybridized carbons (Fsp3) is 0.630. The number of aliphatic hydroxyl groups excluding tert-OH is 4. The number of benzene rings is 1. The Morgan fingerprint density at radius 3 is 2.64 bits per heavy atom. The predicted molar refractivity (Wildman–Crippen MR) is 132 cm³/mol. The molecule has 39 heavy (non-hydrogen) atoms. The van der Waals surface area contributed by atoms with Crippen molar-refractivity contribution < 1.29 is 53.4 Å². The molecular weight excluding hydrogens is 514 g/mol. The molecule has 12 nitrogen and oxygen atoms in total. The van der Waals surface area contributed by atoms with Crippen LogP contribution in [-0.4, -0.2) is 89.9 Å². The number of furan rings is 1. The molecule has 1 amide bonds. The summed E-state index contributed by atoms with van der Waals surface area (Å²) < 4.78 is 29.0. The fourth-order valence-electron chi connectivity index (χ4n) is 6.86. The Balaban J connectivity index is 1.53. The number of carbonyl (C=O) groups is 2. The molecule has 9 unspecified atom stereocenters. The first-order valence-electron chi connectivity index (χ1n) is 13.3. The highest BCUT2D eigenvalue weighted by atomic mass is 16.7. The van der Waals surface area contributed by atoms with Crippen molar-refractivity contribution in [1.82, 2.24) is 5.32 Å². The smallest absolute Gasteiger partial charge is 0.309 e. The number of fused-ring (bicyclic) bond motifs is 2. The lowest BCUT2D eigenvalue weighted by atomic mass is 9.72. The summed E-state index contributed by atoms with van der Waals surface area (Å²) in [6.07, 6.45) is -4.59. The fourth-order valence-corrected chi connectivity index (χ4v) is 6.86. The van der Waals surface area contributed by atoms with Gasteiger partial charge in [0.1, 0.15) is 24.4 Å². The summed E-state index contributed by atoms with van der Waals surface area (Å²) >= 11 is 0. The average molecular weight is 548 g/mol. The van der Waals surface area contributed by atoms with E-state index in [0.717, 1.165) is 16.5 Å². The van der Waals surface area contributed by atoms with Crippen molar-refractivity contribution in [3.63, 3.8) is 0 Å². The molecule has 3 heterocycles. The van der Waals surface area contributed by atoms with Crippen LogP contribution in [0.5, 0.6) is 11.5 Å². The molecule has 0 spiro atoms. The maximum absolute atomic E-state index is 13.0. The molecule has 4 aliphatic rings. The van der Waals surface area contributed by atoms with E-state index in [1.807, 2.05) is 0 Å². The van der Waals surface area contributed by atoms with Crippen LogP contribution in [0.4, 0.5) is 0 Å². The van der Waals surface area contributed by atoms with Crippen LogP contribution < -0.4 is 14.8 Å². The van der Waals surface area contributed by atoms with E-state index in [9.17, 15) is 30.0 Å². The van der Waals surface area contributed by atoms with E-state index in [2.05, 4.69) is 5.32 Å². The van der Waals surface area contributed by atoms with E-state index in [1.165, 1.54) is 7.11 Å². The first-order chi connectivity index (χ1) is 18.8. The van der Waals surface area contributed by atoms with Crippen LogP contribution in [0.2, 0.25) is 0 Å². The third-order valence-corrected chi connectivity index (χ3v) is 8.69. The highest BCUT2D eigenvalue weighted by molar-refractivity contribution is 5.97. The molecule has 2 saturated heterocycles. The van der Waals surface area contributed by atoms with Gasteiger partial charge in [-0.25, -0.2) is 0 Å². The molecule has 6 rings (SSSR count). The van der Waals surface area contributed by atoms with Gasteiger partial charge in [-0.2, -0.15) is 0 Å². The summed E-state index contributed by atoms with van der Waals surface area (Å²) in [5.74, 6) is -1.11. The summed E-state index contributed by atoms with van der Waals surface area (Å²) in [6, 6.07) is 0. The number of esters is 1. The molecule has 0 saturated carbocycles. The zero-order valence-electron chi connectivity index (χ0n) is 21.7. The van der Waals surface area contributed by atoms with Gasteiger partial charge in [-0.05, 0) is 37.7 Å². The van der Waals surface area contributed by atoms with Crippen LogP contribution in [0.3, 0.4) is 0 Å². The first kappa shape index (κ1) is 26.3. The Morgan fingerprint density at radius 1 is 1.13 bits per heavy atom. The molecule has 5 N–H and O–H groups in total. The maximum Gasteiger partial charge on any atom is 0.309 e. The normalized spacial score (nSPS) is 35.2. The Labute approximate surface area is 223 Å². The average Bonchev–Trinajstić information content (AvgIpc) is 3.48. The molecule has 0 radical (unpaired) electrons. The number of methoxy groups -OCH3 is 1. The number of ether oxygens (including phenoxy) is 4. The number of hydrogen-bond acceptors (Lipinski definition) is 11. The third kappa shape index (κ3) is 4.00. The summed E-state index contributed by atoms with van der Waals surface area (Å²) in [5, 5.41) is 44.7. The van der Waals surface area contributed by atoms with Crippen LogP contribution in [0.1, 0.15) is 48.3 Å². The second-order valence-electron chi connectivity index (χ2n) is 10.7. The van der Waals surface area contributed by atoms with E-state index in [0.29, 0.717) is 30.5 Å². The number of carbonyl (C=O) groups excluding carboxylic acids is 2. The number of rotatable bonds is 6. The van der Waals surface area contributed by atoms with Gasteiger partial charge in [-0.15, -0.1) is 0 Å². The van der Waals surface area contributed by atoms with Gasteiger partial charge in [-0.1, -0.05) is 0 Å². The van der Waals surface area contributed by atoms with Gasteiger partial charge in [0.15, 0.2) is 11.3 Å². The molecule has 2 aliphatic heterocycles. The molecule has 2 aliphatic carbocycles. The van der Waals surface area contributed by atoms with Crippen molar-refractivity contribution in [2.24, 2.45) is 11.8 Å². The number of hydrogen-bond donors (Lipinski definition) is 5. The van der Waals surface area contributed by atoms with Gasteiger partial charge in [0.05, 0.1) is 32.5 Å². The maximum atomic E-state index is 13.0. The van der Waals surface area contributed by atoms with Crippen molar-refractivity contribution in [2.75, 3.05) is 26.9 Å². The van der Waals surface area contributed by atoms with Crippen LogP contribution in [0.15, 0.2) is 10.7 Å². The van der Waals surface area contributed by atoms with Gasteiger partial charge in [0.25, 0.3) is 0 Å². The summed E-state index contributed by atoms with van der Waals surface area (Å²) in [4.78, 5) is 25.8. The second kappa shape index (κ2) is 9.93. The van der Waals surface area contributed by atoms with Crippen molar-refractivity contribution in [3.8, 4) is 11.5 Å². The number of amides is 1. The Morgan fingerprint density at radius 2 is 1.92 bits per heavy atom. The van der Waals surface area contributed by atoms with E-state index in [4.69, 9.17) is 23.4 Å². The molecule has 12 heteroatoms. The second-order valence-corrected chi connectivity index (χ2v) is 10.7. The first-order valence-corrected chi connectivity index (χ1v) is 13.3. The van der Waals surface area contributed by atoms with Crippen LogP contribution in [0.25, 0.3) is 11.0 Å². The Kier molecular flexibility index (Phi) is 6.71. The standard InChI is InChI=1S/C27H33NO11/c1-3-36-26(34)11-4-10-5-12-14(7-28-25(12)33)15-9-37-23-18(15)17(10)13(6-11)22(24(23)35-2)39-27-21(32)20(31)19(30)16(8-29)38-27/h9-12,14,16,19-21,27,29-32H,3-8H2,1-2H3,(H,28,33). The van der Waals surface area contributed by atoms with E-state index >= 15 is 0 Å². The monoisotopic (exact) mass is 547 g/mol. The molecule has 0 bridgehead atoms. The van der Waals surface area contributed by atoms with Crippen LogP contribution in [-0.2, 0) is 25.5 Å². The highest BCUT2D eigenvalue weighted by Crippen LogP contribution is 2.57. The number of aliphatic hydroxyl groups is 4. The molecule has 1 aromatic carbocycles. The van der Waals surface area contributed by atoms with E-state index in [1.54, 1.807) is 13.2 Å². The zero-order valence-corrected chi connectivity index (χ0v) is 21.7. The minimum Gasteiger partial charge on any atom is -0.490 e. The SMILES string of the molecule is CCOC(=O)C1Cc2c(OC3OC(CO)C(O)C(O)C3O)c(OC)c3occ4c3c2C(C1)CC1C(=O)NCC41. The molecule has 1 aromatic heterocycles. The Hall–Kier alpha value is -2.90. The number of nitrogens with one attached hydrogen (secondary N) is 1. The van der Waals surface area contributed by atoms with Crippen molar-refractivity contribution in [1.29, 1.82) is 0 Å². The summed E-state index contributed by atoms with van der Waals surface area (Å²) in [7, 11) is 1.44. The van der Waals surface area contributed by atoms with Gasteiger partial charge in [-0.3, -0.25) is 9.59 Å². The van der Waals surface area contributed by atoms with Crippen molar-refractivity contribution in [3.05, 3.63) is 23.0 Å². The van der Waals surface area contributed by atoms with Gasteiger partial charge < -0.3 is 49.1 Å². The Bertz CT molecular complexity index is 1290. The summed E-state index contributed by atoms with van der Waals surface area (Å²) in [6.45, 7) is 1.83. The molecule has 2 fully saturated rings. The molecular formula is C27H33NO11. The quantitative estimate of drug-likeness (QED) is 0.309. The summed E-state index contributed by atoms with van der Waals surface area (Å²) in [5.41, 5.74) is 2.84. The molecule has 212 valence electrons. The van der Waals surface area contributed by atoms with Crippen molar-refractivity contribution >= 4 is 22.8 Å². The van der Waals surface area contributed by atoms with Crippen LogP contribution in [0, 0.1) is 11.8 Å². The van der Waals surface area contributed by atoms with E-state index < -0.39 is 43.2 Å². The minimum atomic E-state index is -1.65. The molecule has 9 atom stereocenters. The molecule has 2 aromatic rings. The minimum absolute atomic E-state index is 0.0354. The lowest BCUT2D eigenvalue weighted by Gasteiger charge is -2.40. The van der Waals surface area contributed by atoms with Gasteiger partial charge in [0, 0.05) is 34.9 Å². The lowest BCUT2D eigenvalue weighted by molar-refractivity contribution is -0.277. The predicted octanol–water partition coefficient (Wildman–Crippen LogP) is 0.0625. The van der Waals surface area contributed by atoms with E-state index in [-0.39, 0.29) is 54.2 Å². The lowest BCUT2D eigenvalue weighted by Crippen LogP contribution is -2.60. The third-order valence-electron chi connectivity index (χ3n) is 8.69. The topological polar surface area (TPSA) is 177 Å². The zero-order chi connectivity index (χ0) is 27.6. The van der Waals surface area contributed by atoms with Gasteiger partial charge in [0.2, 0.25) is 17.9 Å². The highest BCUT2D eigenvalue weighted by Gasteiger charge is 2.49. The largest absolute Gasteiger partial charge is 0.490 e. The van der Waals surface area contributed by atoms with Crippen LogP contribution >= 0.6 is 0 Å².